The Balaban J connectivity index is 1.46. The zero-order valence-corrected chi connectivity index (χ0v) is 15.1. The molecule has 1 aliphatic rings. The summed E-state index contributed by atoms with van der Waals surface area (Å²) in [6.45, 7) is 1.53. The molecular formula is C20H20ClN3O2. The van der Waals surface area contributed by atoms with Gasteiger partial charge >= 0.3 is 0 Å². The number of nitrogens with one attached hydrogen (secondary N) is 1. The van der Waals surface area contributed by atoms with E-state index in [-0.39, 0.29) is 18.6 Å². The monoisotopic (exact) mass is 369 g/mol. The van der Waals surface area contributed by atoms with E-state index in [1.54, 1.807) is 18.2 Å². The number of para-hydroxylation sites is 1. The van der Waals surface area contributed by atoms with Crippen molar-refractivity contribution in [3.8, 4) is 11.8 Å². The van der Waals surface area contributed by atoms with E-state index in [0.717, 1.165) is 18.5 Å². The van der Waals surface area contributed by atoms with E-state index in [1.807, 2.05) is 35.2 Å². The van der Waals surface area contributed by atoms with Crippen LogP contribution in [0.3, 0.4) is 0 Å². The van der Waals surface area contributed by atoms with E-state index < -0.39 is 0 Å². The van der Waals surface area contributed by atoms with Crippen LogP contribution in [0, 0.1) is 11.3 Å². The molecule has 1 N–H and O–H groups in total. The predicted molar refractivity (Wildman–Crippen MR) is 101 cm³/mol. The summed E-state index contributed by atoms with van der Waals surface area (Å²) in [7, 11) is 0. The molecule has 0 unspecified atom stereocenters. The Morgan fingerprint density at radius 2 is 2.00 bits per heavy atom. The van der Waals surface area contributed by atoms with Gasteiger partial charge in [-0.1, -0.05) is 29.8 Å². The number of ether oxygens (including phenoxy) is 1. The third-order valence-corrected chi connectivity index (χ3v) is 4.67. The van der Waals surface area contributed by atoms with Crippen LogP contribution in [-0.2, 0) is 4.79 Å². The maximum absolute atomic E-state index is 12.4. The molecule has 0 atom stereocenters. The number of nitriles is 1. The summed E-state index contributed by atoms with van der Waals surface area (Å²) in [6, 6.07) is 16.6. The van der Waals surface area contributed by atoms with Crippen molar-refractivity contribution in [2.24, 2.45) is 0 Å². The van der Waals surface area contributed by atoms with E-state index in [0.29, 0.717) is 29.4 Å². The van der Waals surface area contributed by atoms with Gasteiger partial charge in [0.05, 0.1) is 23.2 Å². The molecule has 0 bridgehead atoms. The molecule has 134 valence electrons. The summed E-state index contributed by atoms with van der Waals surface area (Å²) in [5.74, 6) is 0.738. The minimum atomic E-state index is 0.0450. The van der Waals surface area contributed by atoms with Crippen LogP contribution in [0.1, 0.15) is 18.4 Å². The lowest BCUT2D eigenvalue weighted by molar-refractivity contribution is -0.131. The van der Waals surface area contributed by atoms with Crippen LogP contribution in [0.5, 0.6) is 5.75 Å². The van der Waals surface area contributed by atoms with Gasteiger partial charge in [-0.15, -0.1) is 0 Å². The molecule has 1 aliphatic heterocycles. The van der Waals surface area contributed by atoms with Gasteiger partial charge in [-0.2, -0.15) is 5.26 Å². The first-order valence-electron chi connectivity index (χ1n) is 8.58. The Bertz CT molecular complexity index is 811. The summed E-state index contributed by atoms with van der Waals surface area (Å²) >= 11 is 6.13. The van der Waals surface area contributed by atoms with Gasteiger partial charge < -0.3 is 15.0 Å². The Morgan fingerprint density at radius 1 is 1.23 bits per heavy atom. The number of piperidine rings is 1. The van der Waals surface area contributed by atoms with Gasteiger partial charge in [0.1, 0.15) is 11.9 Å². The Labute approximate surface area is 158 Å². The number of halogens is 1. The molecule has 26 heavy (non-hydrogen) atoms. The highest BCUT2D eigenvalue weighted by molar-refractivity contribution is 6.32. The third kappa shape index (κ3) is 4.68. The maximum Gasteiger partial charge on any atom is 0.241 e. The molecule has 1 heterocycles. The van der Waals surface area contributed by atoms with Crippen molar-refractivity contribution in [1.82, 2.24) is 4.90 Å². The smallest absolute Gasteiger partial charge is 0.241 e. The van der Waals surface area contributed by atoms with Crippen molar-refractivity contribution in [3.63, 3.8) is 0 Å². The highest BCUT2D eigenvalue weighted by Crippen LogP contribution is 2.26. The van der Waals surface area contributed by atoms with Crippen LogP contribution in [0.4, 0.5) is 5.69 Å². The standard InChI is InChI=1S/C20H20ClN3O2/c21-18-6-1-2-7-19(18)26-17-8-10-24(11-9-17)20(25)14-23-16-5-3-4-15(12-16)13-22/h1-7,12,17,23H,8-11,14H2. The fourth-order valence-electron chi connectivity index (χ4n) is 2.93. The van der Waals surface area contributed by atoms with Crippen molar-refractivity contribution in [1.29, 1.82) is 5.26 Å². The van der Waals surface area contributed by atoms with Gasteiger partial charge in [-0.05, 0) is 30.3 Å². The predicted octanol–water partition coefficient (Wildman–Crippen LogP) is 3.69. The molecule has 0 aliphatic carbocycles. The van der Waals surface area contributed by atoms with E-state index in [2.05, 4.69) is 11.4 Å². The number of carbonyl (C=O) groups excluding carboxylic acids is 1. The summed E-state index contributed by atoms with van der Waals surface area (Å²) in [5.41, 5.74) is 1.34. The van der Waals surface area contributed by atoms with Crippen molar-refractivity contribution >= 4 is 23.2 Å². The van der Waals surface area contributed by atoms with E-state index in [4.69, 9.17) is 21.6 Å². The fourth-order valence-corrected chi connectivity index (χ4v) is 3.11. The van der Waals surface area contributed by atoms with Crippen LogP contribution in [0.2, 0.25) is 5.02 Å². The second-order valence-corrected chi connectivity index (χ2v) is 6.58. The first-order valence-corrected chi connectivity index (χ1v) is 8.96. The Kier molecular flexibility index (Phi) is 5.98. The largest absolute Gasteiger partial charge is 0.489 e. The lowest BCUT2D eigenvalue weighted by atomic mass is 10.1. The summed E-state index contributed by atoms with van der Waals surface area (Å²) < 4.78 is 5.95. The number of rotatable bonds is 5. The van der Waals surface area contributed by atoms with Crippen molar-refractivity contribution < 1.29 is 9.53 Å². The van der Waals surface area contributed by atoms with Crippen molar-refractivity contribution in [2.45, 2.75) is 18.9 Å². The lowest BCUT2D eigenvalue weighted by Crippen LogP contribution is -2.44. The zero-order chi connectivity index (χ0) is 18.4. The number of hydrogen-bond acceptors (Lipinski definition) is 4. The molecule has 1 fully saturated rings. The summed E-state index contributed by atoms with van der Waals surface area (Å²) in [6.07, 6.45) is 1.63. The first-order chi connectivity index (χ1) is 12.7. The Morgan fingerprint density at radius 3 is 2.73 bits per heavy atom. The fraction of sp³-hybridized carbons (Fsp3) is 0.300. The SMILES string of the molecule is N#Cc1cccc(NCC(=O)N2CCC(Oc3ccccc3Cl)CC2)c1. The van der Waals surface area contributed by atoms with Gasteiger partial charge in [-0.3, -0.25) is 4.79 Å². The number of anilines is 1. The molecule has 3 rings (SSSR count). The van der Waals surface area contributed by atoms with E-state index in [9.17, 15) is 4.79 Å². The van der Waals surface area contributed by atoms with Crippen LogP contribution in [0.25, 0.3) is 0 Å². The molecule has 0 saturated carbocycles. The normalized spacial score (nSPS) is 14.5. The van der Waals surface area contributed by atoms with Crippen LogP contribution >= 0.6 is 11.6 Å². The van der Waals surface area contributed by atoms with Crippen LogP contribution in [0.15, 0.2) is 48.5 Å². The molecule has 5 nitrogen and oxygen atoms in total. The quantitative estimate of drug-likeness (QED) is 0.872. The average molecular weight is 370 g/mol. The molecule has 2 aromatic carbocycles. The number of carbonyl (C=O) groups is 1. The highest BCUT2D eigenvalue weighted by Gasteiger charge is 2.24. The highest BCUT2D eigenvalue weighted by atomic mass is 35.5. The van der Waals surface area contributed by atoms with Crippen molar-refractivity contribution in [3.05, 3.63) is 59.1 Å². The first kappa shape index (κ1) is 18.1. The number of nitrogens with zero attached hydrogens (tertiary/aromatic N) is 2. The number of amides is 1. The minimum absolute atomic E-state index is 0.0450. The van der Waals surface area contributed by atoms with Gasteiger partial charge in [0, 0.05) is 31.6 Å². The minimum Gasteiger partial charge on any atom is -0.489 e. The summed E-state index contributed by atoms with van der Waals surface area (Å²) in [5, 5.41) is 12.6. The van der Waals surface area contributed by atoms with Gasteiger partial charge in [0.2, 0.25) is 5.91 Å². The van der Waals surface area contributed by atoms with E-state index in [1.165, 1.54) is 0 Å². The molecule has 2 aromatic rings. The second-order valence-electron chi connectivity index (χ2n) is 6.17. The zero-order valence-electron chi connectivity index (χ0n) is 14.3. The molecule has 0 aromatic heterocycles. The molecule has 0 spiro atoms. The van der Waals surface area contributed by atoms with Crippen LogP contribution < -0.4 is 10.1 Å². The molecule has 1 amide bonds. The van der Waals surface area contributed by atoms with Crippen molar-refractivity contribution in [2.75, 3.05) is 25.0 Å². The van der Waals surface area contributed by atoms with Crippen LogP contribution in [-0.4, -0.2) is 36.5 Å². The van der Waals surface area contributed by atoms with Gasteiger partial charge in [0.15, 0.2) is 0 Å². The Hall–Kier alpha value is -2.71. The summed E-state index contributed by atoms with van der Waals surface area (Å²) in [4.78, 5) is 14.2. The number of likely N-dealkylation sites (tertiary alicyclic amines) is 1. The number of benzene rings is 2. The molecule has 6 heteroatoms. The number of hydrogen-bond donors (Lipinski definition) is 1. The van der Waals surface area contributed by atoms with Gasteiger partial charge in [0.25, 0.3) is 0 Å². The van der Waals surface area contributed by atoms with Gasteiger partial charge in [-0.25, -0.2) is 0 Å². The topological polar surface area (TPSA) is 65.4 Å². The third-order valence-electron chi connectivity index (χ3n) is 4.36. The second kappa shape index (κ2) is 8.59. The molecule has 1 saturated heterocycles. The molecule has 0 radical (unpaired) electrons. The molecular weight excluding hydrogens is 350 g/mol. The maximum atomic E-state index is 12.4. The average Bonchev–Trinajstić information content (AvgIpc) is 2.68. The van der Waals surface area contributed by atoms with E-state index >= 15 is 0 Å². The lowest BCUT2D eigenvalue weighted by Gasteiger charge is -2.32.